The zero-order valence-electron chi connectivity index (χ0n) is 13.3. The van der Waals surface area contributed by atoms with Gasteiger partial charge in [-0.05, 0) is 37.8 Å². The summed E-state index contributed by atoms with van der Waals surface area (Å²) in [6.07, 6.45) is 7.31. The summed E-state index contributed by atoms with van der Waals surface area (Å²) in [5, 5.41) is 3.59. The lowest BCUT2D eigenvalue weighted by atomic mass is 9.95. The summed E-state index contributed by atoms with van der Waals surface area (Å²) in [6.45, 7) is 0.618. The van der Waals surface area contributed by atoms with Crippen molar-refractivity contribution in [2.75, 3.05) is 6.54 Å². The van der Waals surface area contributed by atoms with E-state index in [4.69, 9.17) is 11.6 Å². The van der Waals surface area contributed by atoms with Crippen LogP contribution in [-0.4, -0.2) is 35.3 Å². The molecule has 4 nitrogen and oxygen atoms in total. The maximum atomic E-state index is 12.7. The monoisotopic (exact) mass is 334 g/mol. The van der Waals surface area contributed by atoms with E-state index < -0.39 is 0 Å². The van der Waals surface area contributed by atoms with E-state index in [1.807, 2.05) is 0 Å². The minimum absolute atomic E-state index is 0.00481. The van der Waals surface area contributed by atoms with E-state index in [0.717, 1.165) is 25.7 Å². The van der Waals surface area contributed by atoms with Crippen LogP contribution in [0.25, 0.3) is 0 Å². The smallest absolute Gasteiger partial charge is 0.256 e. The molecule has 1 saturated carbocycles. The Balaban J connectivity index is 1.68. The number of benzene rings is 1. The number of nitrogens with one attached hydrogen (secondary N) is 1. The number of rotatable bonds is 3. The van der Waals surface area contributed by atoms with Crippen LogP contribution in [0.3, 0.4) is 0 Å². The Morgan fingerprint density at radius 1 is 1.04 bits per heavy atom. The highest BCUT2D eigenvalue weighted by atomic mass is 35.5. The zero-order chi connectivity index (χ0) is 16.2. The summed E-state index contributed by atoms with van der Waals surface area (Å²) >= 11 is 6.13. The fraction of sp³-hybridized carbons (Fsp3) is 0.556. The molecule has 2 amide bonds. The molecule has 0 radical (unpaired) electrons. The fourth-order valence-corrected chi connectivity index (χ4v) is 3.83. The van der Waals surface area contributed by atoms with Crippen molar-refractivity contribution in [2.45, 2.75) is 57.0 Å². The largest absolute Gasteiger partial charge is 0.352 e. The van der Waals surface area contributed by atoms with E-state index in [2.05, 4.69) is 5.32 Å². The summed E-state index contributed by atoms with van der Waals surface area (Å²) in [6, 6.07) is 6.94. The maximum Gasteiger partial charge on any atom is 0.256 e. The number of halogens is 1. The van der Waals surface area contributed by atoms with Crippen LogP contribution >= 0.6 is 11.6 Å². The number of nitrogens with zero attached hydrogens (tertiary/aromatic N) is 1. The predicted molar refractivity (Wildman–Crippen MR) is 90.5 cm³/mol. The summed E-state index contributed by atoms with van der Waals surface area (Å²) in [5.41, 5.74) is 0.478. The van der Waals surface area contributed by atoms with E-state index in [0.29, 0.717) is 17.1 Å². The third-order valence-corrected chi connectivity index (χ3v) is 5.20. The summed E-state index contributed by atoms with van der Waals surface area (Å²) in [4.78, 5) is 27.0. The van der Waals surface area contributed by atoms with Crippen LogP contribution in [0, 0.1) is 0 Å². The molecule has 2 aliphatic rings. The van der Waals surface area contributed by atoms with Gasteiger partial charge in [-0.1, -0.05) is 43.0 Å². The topological polar surface area (TPSA) is 49.4 Å². The molecular weight excluding hydrogens is 312 g/mol. The van der Waals surface area contributed by atoms with Crippen molar-refractivity contribution >= 4 is 23.4 Å². The summed E-state index contributed by atoms with van der Waals surface area (Å²) in [5.74, 6) is -0.147. The van der Waals surface area contributed by atoms with Gasteiger partial charge in [0.1, 0.15) is 6.04 Å². The molecule has 0 bridgehead atoms. The Bertz CT molecular complexity index is 584. The first kappa shape index (κ1) is 16.3. The first-order valence-corrected chi connectivity index (χ1v) is 8.90. The first-order valence-electron chi connectivity index (χ1n) is 8.52. The van der Waals surface area contributed by atoms with Gasteiger partial charge in [0.15, 0.2) is 0 Å². The zero-order valence-corrected chi connectivity index (χ0v) is 14.0. The highest BCUT2D eigenvalue weighted by Crippen LogP contribution is 2.25. The van der Waals surface area contributed by atoms with Crippen molar-refractivity contribution in [3.8, 4) is 0 Å². The van der Waals surface area contributed by atoms with E-state index >= 15 is 0 Å². The molecule has 0 spiro atoms. The van der Waals surface area contributed by atoms with Gasteiger partial charge in [0.2, 0.25) is 5.91 Å². The van der Waals surface area contributed by atoms with Crippen LogP contribution < -0.4 is 5.32 Å². The van der Waals surface area contributed by atoms with Gasteiger partial charge >= 0.3 is 0 Å². The minimum atomic E-state index is -0.360. The molecule has 124 valence electrons. The molecule has 1 saturated heterocycles. The van der Waals surface area contributed by atoms with Gasteiger partial charge in [-0.15, -0.1) is 0 Å². The van der Waals surface area contributed by atoms with E-state index in [9.17, 15) is 9.59 Å². The lowest BCUT2D eigenvalue weighted by molar-refractivity contribution is -0.125. The molecular formula is C18H23ClN2O2. The van der Waals surface area contributed by atoms with Gasteiger partial charge in [-0.2, -0.15) is 0 Å². The Kier molecular flexibility index (Phi) is 5.21. The quantitative estimate of drug-likeness (QED) is 0.921. The molecule has 5 heteroatoms. The van der Waals surface area contributed by atoms with Gasteiger partial charge in [0.05, 0.1) is 10.6 Å². The Labute approximate surface area is 142 Å². The van der Waals surface area contributed by atoms with Crippen molar-refractivity contribution in [2.24, 2.45) is 0 Å². The molecule has 23 heavy (non-hydrogen) atoms. The summed E-state index contributed by atoms with van der Waals surface area (Å²) in [7, 11) is 0. The number of hydrogen-bond donors (Lipinski definition) is 1. The lowest BCUT2D eigenvalue weighted by Gasteiger charge is -2.28. The van der Waals surface area contributed by atoms with Crippen molar-refractivity contribution in [1.29, 1.82) is 0 Å². The van der Waals surface area contributed by atoms with Crippen molar-refractivity contribution in [1.82, 2.24) is 10.2 Å². The minimum Gasteiger partial charge on any atom is -0.352 e. The van der Waals surface area contributed by atoms with Gasteiger partial charge in [-0.3, -0.25) is 9.59 Å². The van der Waals surface area contributed by atoms with Crippen molar-refractivity contribution < 1.29 is 9.59 Å². The van der Waals surface area contributed by atoms with Gasteiger partial charge < -0.3 is 10.2 Å². The highest BCUT2D eigenvalue weighted by Gasteiger charge is 2.35. The molecule has 2 fully saturated rings. The van der Waals surface area contributed by atoms with Crippen molar-refractivity contribution in [3.63, 3.8) is 0 Å². The Morgan fingerprint density at radius 2 is 1.78 bits per heavy atom. The molecule has 1 aromatic rings. The Hall–Kier alpha value is -1.55. The van der Waals surface area contributed by atoms with Crippen LogP contribution in [0.1, 0.15) is 55.3 Å². The van der Waals surface area contributed by atoms with Crippen LogP contribution in [-0.2, 0) is 4.79 Å². The average Bonchev–Trinajstić information content (AvgIpc) is 3.05. The third kappa shape index (κ3) is 3.69. The van der Waals surface area contributed by atoms with Gasteiger partial charge in [0, 0.05) is 12.6 Å². The van der Waals surface area contributed by atoms with Crippen LogP contribution in [0.4, 0.5) is 0 Å². The van der Waals surface area contributed by atoms with Crippen LogP contribution in [0.5, 0.6) is 0 Å². The second-order valence-electron chi connectivity index (χ2n) is 6.48. The summed E-state index contributed by atoms with van der Waals surface area (Å²) < 4.78 is 0. The normalized spacial score (nSPS) is 22.1. The molecule has 1 aliphatic carbocycles. The van der Waals surface area contributed by atoms with Crippen LogP contribution in [0.15, 0.2) is 24.3 Å². The molecule has 1 atom stereocenters. The van der Waals surface area contributed by atoms with E-state index in [1.54, 1.807) is 29.2 Å². The molecule has 3 rings (SSSR count). The second-order valence-corrected chi connectivity index (χ2v) is 6.89. The number of likely N-dealkylation sites (tertiary alicyclic amines) is 1. The molecule has 0 unspecified atom stereocenters. The van der Waals surface area contributed by atoms with E-state index in [-0.39, 0.29) is 23.9 Å². The second kappa shape index (κ2) is 7.35. The van der Waals surface area contributed by atoms with Crippen molar-refractivity contribution in [3.05, 3.63) is 34.9 Å². The molecule has 1 aromatic carbocycles. The number of carbonyl (C=O) groups excluding carboxylic acids is 2. The highest BCUT2D eigenvalue weighted by molar-refractivity contribution is 6.33. The maximum absolute atomic E-state index is 12.7. The standard InChI is InChI=1S/C18H23ClN2O2/c19-15-10-5-4-9-14(15)18(23)21-12-6-11-16(21)17(22)20-13-7-2-1-3-8-13/h4-5,9-10,13,16H,1-3,6-8,11-12H2,(H,20,22)/t16-/m0/s1. The fourth-order valence-electron chi connectivity index (χ4n) is 3.62. The Morgan fingerprint density at radius 3 is 2.52 bits per heavy atom. The molecule has 0 aromatic heterocycles. The third-order valence-electron chi connectivity index (χ3n) is 4.87. The van der Waals surface area contributed by atoms with Crippen LogP contribution in [0.2, 0.25) is 5.02 Å². The molecule has 1 heterocycles. The SMILES string of the molecule is O=C(NC1CCCCC1)[C@@H]1CCCN1C(=O)c1ccccc1Cl. The van der Waals surface area contributed by atoms with E-state index in [1.165, 1.54) is 19.3 Å². The lowest BCUT2D eigenvalue weighted by Crippen LogP contribution is -2.49. The first-order chi connectivity index (χ1) is 11.2. The number of carbonyl (C=O) groups is 2. The number of hydrogen-bond acceptors (Lipinski definition) is 2. The van der Waals surface area contributed by atoms with Gasteiger partial charge in [0.25, 0.3) is 5.91 Å². The van der Waals surface area contributed by atoms with Gasteiger partial charge in [-0.25, -0.2) is 0 Å². The average molecular weight is 335 g/mol. The molecule has 1 aliphatic heterocycles. The predicted octanol–water partition coefficient (Wildman–Crippen LogP) is 3.39. The molecule has 1 N–H and O–H groups in total. The number of amides is 2.